The van der Waals surface area contributed by atoms with Crippen LogP contribution in [0.15, 0.2) is 41.4 Å². The zero-order valence-corrected chi connectivity index (χ0v) is 13.1. The average Bonchev–Trinajstić information content (AvgIpc) is 2.88. The number of halogens is 3. The number of aryl methyl sites for hydroxylation is 1. The second-order valence-corrected chi connectivity index (χ2v) is 6.48. The van der Waals surface area contributed by atoms with Gasteiger partial charge in [0.2, 0.25) is 0 Å². The van der Waals surface area contributed by atoms with E-state index in [1.807, 2.05) is 0 Å². The molecule has 1 amide bonds. The summed E-state index contributed by atoms with van der Waals surface area (Å²) in [5, 5.41) is 5.57. The minimum atomic E-state index is -4.52. The van der Waals surface area contributed by atoms with Crippen molar-refractivity contribution in [3.63, 3.8) is 0 Å². The Morgan fingerprint density at radius 1 is 1.21 bits per heavy atom. The lowest BCUT2D eigenvalue weighted by Crippen LogP contribution is -2.33. The zero-order valence-electron chi connectivity index (χ0n) is 12.3. The highest BCUT2D eigenvalue weighted by molar-refractivity contribution is 7.92. The van der Waals surface area contributed by atoms with Crippen molar-refractivity contribution in [3.8, 4) is 0 Å². The van der Waals surface area contributed by atoms with Crippen molar-refractivity contribution in [1.82, 2.24) is 15.1 Å². The number of nitrogens with one attached hydrogen (secondary N) is 2. The second-order valence-electron chi connectivity index (χ2n) is 4.80. The molecule has 1 aromatic heterocycles. The number of amides is 1. The van der Waals surface area contributed by atoms with Gasteiger partial charge in [0.25, 0.3) is 15.9 Å². The van der Waals surface area contributed by atoms with Crippen LogP contribution in [0.2, 0.25) is 0 Å². The van der Waals surface area contributed by atoms with Crippen molar-refractivity contribution >= 4 is 21.7 Å². The van der Waals surface area contributed by atoms with E-state index < -0.39 is 28.7 Å². The van der Waals surface area contributed by atoms with Gasteiger partial charge >= 0.3 is 6.18 Å². The predicted octanol–water partition coefficient (Wildman–Crippen LogP) is 1.51. The molecule has 0 unspecified atom stereocenters. The fourth-order valence-corrected chi connectivity index (χ4v) is 2.73. The van der Waals surface area contributed by atoms with Crippen LogP contribution in [0.5, 0.6) is 0 Å². The minimum absolute atomic E-state index is 0.0870. The lowest BCUT2D eigenvalue weighted by Gasteiger charge is -2.09. The highest BCUT2D eigenvalue weighted by Crippen LogP contribution is 2.16. The Hall–Kier alpha value is -2.56. The summed E-state index contributed by atoms with van der Waals surface area (Å²) in [5.74, 6) is -0.835. The molecular weight excluding hydrogens is 349 g/mol. The van der Waals surface area contributed by atoms with Crippen LogP contribution in [0.3, 0.4) is 0 Å². The molecular formula is C13H13F3N4O3S. The van der Waals surface area contributed by atoms with Crippen LogP contribution < -0.4 is 10.0 Å². The molecule has 130 valence electrons. The largest absolute Gasteiger partial charge is 0.405 e. The van der Waals surface area contributed by atoms with Gasteiger partial charge in [0.15, 0.2) is 5.82 Å². The Labute approximate surface area is 135 Å². The van der Waals surface area contributed by atoms with E-state index in [0.29, 0.717) is 0 Å². The first-order valence-electron chi connectivity index (χ1n) is 6.54. The monoisotopic (exact) mass is 362 g/mol. The molecule has 2 rings (SSSR count). The van der Waals surface area contributed by atoms with Gasteiger partial charge < -0.3 is 5.32 Å². The van der Waals surface area contributed by atoms with E-state index in [1.54, 1.807) is 18.6 Å². The van der Waals surface area contributed by atoms with Crippen molar-refractivity contribution in [2.24, 2.45) is 7.05 Å². The molecule has 11 heteroatoms. The number of rotatable bonds is 5. The quantitative estimate of drug-likeness (QED) is 0.843. The topological polar surface area (TPSA) is 93.1 Å². The number of hydrogen-bond acceptors (Lipinski definition) is 4. The lowest BCUT2D eigenvalue weighted by atomic mass is 10.2. The number of benzene rings is 1. The smallest absolute Gasteiger partial charge is 0.343 e. The molecule has 7 nitrogen and oxygen atoms in total. The first kappa shape index (κ1) is 17.8. The predicted molar refractivity (Wildman–Crippen MR) is 78.8 cm³/mol. The maximum absolute atomic E-state index is 12.1. The highest BCUT2D eigenvalue weighted by Gasteiger charge is 2.28. The number of sulfonamides is 1. The van der Waals surface area contributed by atoms with Crippen LogP contribution in [0.1, 0.15) is 10.4 Å². The molecule has 0 atom stereocenters. The summed E-state index contributed by atoms with van der Waals surface area (Å²) in [6.45, 7) is -1.47. The molecule has 0 aliphatic carbocycles. The Balaban J connectivity index is 2.09. The molecule has 0 saturated carbocycles. The van der Waals surface area contributed by atoms with Crippen molar-refractivity contribution < 1.29 is 26.4 Å². The van der Waals surface area contributed by atoms with E-state index in [0.717, 1.165) is 24.3 Å². The molecule has 0 spiro atoms. The molecule has 0 radical (unpaired) electrons. The van der Waals surface area contributed by atoms with Gasteiger partial charge in [-0.05, 0) is 24.3 Å². The Morgan fingerprint density at radius 2 is 1.83 bits per heavy atom. The summed E-state index contributed by atoms with van der Waals surface area (Å²) in [5.41, 5.74) is -0.0870. The van der Waals surface area contributed by atoms with Gasteiger partial charge in [-0.1, -0.05) is 0 Å². The van der Waals surface area contributed by atoms with Crippen molar-refractivity contribution in [3.05, 3.63) is 42.1 Å². The standard InChI is InChI=1S/C13H13F3N4O3S/c1-20-7-6-11(18-20)19-24(22,23)10-4-2-9(3-5-10)12(21)17-8-13(14,15)16/h2-7H,8H2,1H3,(H,17,21)(H,18,19). The third-order valence-electron chi connectivity index (χ3n) is 2.83. The van der Waals surface area contributed by atoms with Gasteiger partial charge in [0.1, 0.15) is 6.54 Å². The maximum Gasteiger partial charge on any atom is 0.405 e. The molecule has 1 heterocycles. The fraction of sp³-hybridized carbons (Fsp3) is 0.231. The van der Waals surface area contributed by atoms with E-state index >= 15 is 0 Å². The maximum atomic E-state index is 12.1. The van der Waals surface area contributed by atoms with Gasteiger partial charge in [-0.2, -0.15) is 18.3 Å². The summed E-state index contributed by atoms with van der Waals surface area (Å²) in [6.07, 6.45) is -2.97. The molecule has 0 aliphatic rings. The van der Waals surface area contributed by atoms with E-state index in [4.69, 9.17) is 0 Å². The van der Waals surface area contributed by atoms with Gasteiger partial charge in [-0.25, -0.2) is 8.42 Å². The molecule has 0 fully saturated rings. The third kappa shape index (κ3) is 4.72. The average molecular weight is 362 g/mol. The highest BCUT2D eigenvalue weighted by atomic mass is 32.2. The van der Waals surface area contributed by atoms with Crippen LogP contribution in [0.4, 0.5) is 19.0 Å². The molecule has 1 aromatic carbocycles. The number of anilines is 1. The number of carbonyl (C=O) groups excluding carboxylic acids is 1. The molecule has 0 saturated heterocycles. The number of aromatic nitrogens is 2. The number of nitrogens with zero attached hydrogens (tertiary/aromatic N) is 2. The van der Waals surface area contributed by atoms with Gasteiger partial charge in [0, 0.05) is 24.9 Å². The second kappa shape index (κ2) is 6.51. The third-order valence-corrected chi connectivity index (χ3v) is 4.20. The lowest BCUT2D eigenvalue weighted by molar-refractivity contribution is -0.123. The Bertz CT molecular complexity index is 829. The van der Waals surface area contributed by atoms with Crippen molar-refractivity contribution in [1.29, 1.82) is 0 Å². The van der Waals surface area contributed by atoms with E-state index in [1.165, 1.54) is 10.7 Å². The van der Waals surface area contributed by atoms with E-state index in [-0.39, 0.29) is 16.3 Å². The van der Waals surface area contributed by atoms with Gasteiger partial charge in [-0.15, -0.1) is 0 Å². The molecule has 24 heavy (non-hydrogen) atoms. The fourth-order valence-electron chi connectivity index (χ4n) is 1.73. The van der Waals surface area contributed by atoms with Gasteiger partial charge in [-0.3, -0.25) is 14.2 Å². The number of carbonyl (C=O) groups is 1. The minimum Gasteiger partial charge on any atom is -0.343 e. The zero-order chi connectivity index (χ0) is 18.0. The molecule has 0 aliphatic heterocycles. The first-order chi connectivity index (χ1) is 11.1. The SMILES string of the molecule is Cn1ccc(NS(=O)(=O)c2ccc(C(=O)NCC(F)(F)F)cc2)n1. The van der Waals surface area contributed by atoms with E-state index in [9.17, 15) is 26.4 Å². The number of hydrogen-bond donors (Lipinski definition) is 2. The van der Waals surface area contributed by atoms with Crippen molar-refractivity contribution in [2.45, 2.75) is 11.1 Å². The van der Waals surface area contributed by atoms with Crippen LogP contribution in [-0.2, 0) is 17.1 Å². The molecule has 0 bridgehead atoms. The molecule has 2 aromatic rings. The number of alkyl halides is 3. The van der Waals surface area contributed by atoms with Crippen LogP contribution in [-0.4, -0.2) is 36.8 Å². The van der Waals surface area contributed by atoms with Gasteiger partial charge in [0.05, 0.1) is 4.90 Å². The van der Waals surface area contributed by atoms with Crippen LogP contribution >= 0.6 is 0 Å². The van der Waals surface area contributed by atoms with Crippen molar-refractivity contribution in [2.75, 3.05) is 11.3 Å². The molecule has 2 N–H and O–H groups in total. The first-order valence-corrected chi connectivity index (χ1v) is 8.03. The van der Waals surface area contributed by atoms with E-state index in [2.05, 4.69) is 9.82 Å². The normalized spacial score (nSPS) is 12.0. The Morgan fingerprint density at radius 3 is 2.33 bits per heavy atom. The summed E-state index contributed by atoms with van der Waals surface area (Å²) >= 11 is 0. The Kier molecular flexibility index (Phi) is 4.83. The summed E-state index contributed by atoms with van der Waals surface area (Å²) in [4.78, 5) is 11.4. The summed E-state index contributed by atoms with van der Waals surface area (Å²) < 4.78 is 64.1. The van der Waals surface area contributed by atoms with Crippen LogP contribution in [0.25, 0.3) is 0 Å². The summed E-state index contributed by atoms with van der Waals surface area (Å²) in [6, 6.07) is 5.94. The van der Waals surface area contributed by atoms with Crippen LogP contribution in [0, 0.1) is 0 Å². The summed E-state index contributed by atoms with van der Waals surface area (Å²) in [7, 11) is -2.30.